The molecule has 1 heterocycles. The Morgan fingerprint density at radius 2 is 2.24 bits per heavy atom. The van der Waals surface area contributed by atoms with Crippen molar-refractivity contribution in [1.82, 2.24) is 15.1 Å². The molecule has 0 bridgehead atoms. The van der Waals surface area contributed by atoms with E-state index in [9.17, 15) is 9.90 Å². The molecule has 2 rings (SSSR count). The summed E-state index contributed by atoms with van der Waals surface area (Å²) in [6.07, 6.45) is 4.93. The summed E-state index contributed by atoms with van der Waals surface area (Å²) >= 11 is 0. The fraction of sp³-hybridized carbons (Fsp3) is 0.667. The molecule has 1 aliphatic rings. The van der Waals surface area contributed by atoms with Gasteiger partial charge in [-0.15, -0.1) is 0 Å². The summed E-state index contributed by atoms with van der Waals surface area (Å²) in [6.45, 7) is 1.82. The molecule has 0 aliphatic heterocycles. The van der Waals surface area contributed by atoms with Gasteiger partial charge in [-0.3, -0.25) is 9.89 Å². The largest absolute Gasteiger partial charge is 0.391 e. The smallest absolute Gasteiger partial charge is 0.257 e. The van der Waals surface area contributed by atoms with Gasteiger partial charge in [0.15, 0.2) is 0 Å². The van der Waals surface area contributed by atoms with Crippen LogP contribution in [-0.4, -0.2) is 45.3 Å². The highest BCUT2D eigenvalue weighted by Crippen LogP contribution is 2.23. The van der Waals surface area contributed by atoms with Crippen LogP contribution < -0.4 is 0 Å². The van der Waals surface area contributed by atoms with Crippen molar-refractivity contribution in [2.24, 2.45) is 0 Å². The van der Waals surface area contributed by atoms with Crippen molar-refractivity contribution in [3.63, 3.8) is 0 Å². The second-order valence-corrected chi connectivity index (χ2v) is 4.74. The number of aromatic nitrogens is 2. The van der Waals surface area contributed by atoms with Gasteiger partial charge in [0.1, 0.15) is 0 Å². The molecule has 1 aliphatic carbocycles. The van der Waals surface area contributed by atoms with Crippen LogP contribution in [0.15, 0.2) is 6.20 Å². The number of likely N-dealkylation sites (N-methyl/N-ethyl adjacent to an activating group) is 1. The Labute approximate surface area is 101 Å². The van der Waals surface area contributed by atoms with Gasteiger partial charge < -0.3 is 10.0 Å². The van der Waals surface area contributed by atoms with E-state index in [2.05, 4.69) is 10.2 Å². The van der Waals surface area contributed by atoms with Crippen molar-refractivity contribution in [2.45, 2.75) is 44.8 Å². The second kappa shape index (κ2) is 4.87. The summed E-state index contributed by atoms with van der Waals surface area (Å²) in [5, 5.41) is 16.6. The predicted molar refractivity (Wildman–Crippen MR) is 63.7 cm³/mol. The zero-order chi connectivity index (χ0) is 12.4. The molecular formula is C12H19N3O2. The van der Waals surface area contributed by atoms with Crippen molar-refractivity contribution < 1.29 is 9.90 Å². The lowest BCUT2D eigenvalue weighted by Crippen LogP contribution is -2.46. The van der Waals surface area contributed by atoms with Crippen LogP contribution >= 0.6 is 0 Å². The fourth-order valence-electron chi connectivity index (χ4n) is 2.45. The lowest BCUT2D eigenvalue weighted by atomic mass is 9.91. The molecule has 1 aromatic heterocycles. The van der Waals surface area contributed by atoms with E-state index >= 15 is 0 Å². The SMILES string of the molecule is Cc1[nH]ncc1C(=O)N(C)C1CCCCC1O. The molecular weight excluding hydrogens is 218 g/mol. The Kier molecular flexibility index (Phi) is 3.47. The summed E-state index contributed by atoms with van der Waals surface area (Å²) in [5.74, 6) is -0.0674. The third-order valence-corrected chi connectivity index (χ3v) is 3.57. The molecule has 0 saturated heterocycles. The van der Waals surface area contributed by atoms with E-state index < -0.39 is 6.10 Å². The Balaban J connectivity index is 2.11. The molecule has 1 amide bonds. The van der Waals surface area contributed by atoms with Crippen molar-refractivity contribution >= 4 is 5.91 Å². The van der Waals surface area contributed by atoms with E-state index in [0.29, 0.717) is 5.56 Å². The molecule has 94 valence electrons. The number of nitrogens with one attached hydrogen (secondary N) is 1. The first-order valence-corrected chi connectivity index (χ1v) is 6.06. The zero-order valence-electron chi connectivity index (χ0n) is 10.3. The lowest BCUT2D eigenvalue weighted by Gasteiger charge is -2.35. The highest BCUT2D eigenvalue weighted by molar-refractivity contribution is 5.95. The van der Waals surface area contributed by atoms with Crippen LogP contribution in [0, 0.1) is 6.92 Å². The standard InChI is InChI=1S/C12H19N3O2/c1-8-9(7-13-14-8)12(17)15(2)10-5-3-4-6-11(10)16/h7,10-11,16H,3-6H2,1-2H3,(H,13,14). The van der Waals surface area contributed by atoms with Crippen LogP contribution in [0.4, 0.5) is 0 Å². The summed E-state index contributed by atoms with van der Waals surface area (Å²) in [6, 6.07) is -0.0643. The Bertz CT molecular complexity index is 402. The Hall–Kier alpha value is -1.36. The highest BCUT2D eigenvalue weighted by Gasteiger charge is 2.30. The number of H-pyrrole nitrogens is 1. The predicted octanol–water partition coefficient (Wildman–Crippen LogP) is 1.09. The minimum Gasteiger partial charge on any atom is -0.391 e. The van der Waals surface area contributed by atoms with Crippen LogP contribution in [0.1, 0.15) is 41.7 Å². The van der Waals surface area contributed by atoms with E-state index in [0.717, 1.165) is 31.4 Å². The van der Waals surface area contributed by atoms with Gasteiger partial charge >= 0.3 is 0 Å². The maximum Gasteiger partial charge on any atom is 0.257 e. The van der Waals surface area contributed by atoms with Gasteiger partial charge in [-0.1, -0.05) is 12.8 Å². The first kappa shape index (κ1) is 12.1. The van der Waals surface area contributed by atoms with Gasteiger partial charge in [0.25, 0.3) is 5.91 Å². The number of aliphatic hydroxyl groups excluding tert-OH is 1. The van der Waals surface area contributed by atoms with Gasteiger partial charge in [-0.2, -0.15) is 5.10 Å². The van der Waals surface area contributed by atoms with E-state index in [1.54, 1.807) is 18.1 Å². The highest BCUT2D eigenvalue weighted by atomic mass is 16.3. The second-order valence-electron chi connectivity index (χ2n) is 4.74. The van der Waals surface area contributed by atoms with Crippen molar-refractivity contribution in [1.29, 1.82) is 0 Å². The first-order chi connectivity index (χ1) is 8.11. The van der Waals surface area contributed by atoms with Crippen molar-refractivity contribution in [2.75, 3.05) is 7.05 Å². The third-order valence-electron chi connectivity index (χ3n) is 3.57. The molecule has 17 heavy (non-hydrogen) atoms. The molecule has 2 N–H and O–H groups in total. The lowest BCUT2D eigenvalue weighted by molar-refractivity contribution is 0.0267. The molecule has 0 aromatic carbocycles. The van der Waals surface area contributed by atoms with Gasteiger partial charge in [-0.25, -0.2) is 0 Å². The summed E-state index contributed by atoms with van der Waals surface area (Å²) < 4.78 is 0. The molecule has 5 nitrogen and oxygen atoms in total. The zero-order valence-corrected chi connectivity index (χ0v) is 10.3. The van der Waals surface area contributed by atoms with Crippen molar-refractivity contribution in [3.05, 3.63) is 17.5 Å². The van der Waals surface area contributed by atoms with Gasteiger partial charge in [0.2, 0.25) is 0 Å². The minimum absolute atomic E-state index is 0.0643. The quantitative estimate of drug-likeness (QED) is 0.809. The number of rotatable bonds is 2. The van der Waals surface area contributed by atoms with Crippen LogP contribution in [0.25, 0.3) is 0 Å². The molecule has 1 saturated carbocycles. The number of aliphatic hydroxyl groups is 1. The van der Waals surface area contributed by atoms with E-state index in [4.69, 9.17) is 0 Å². The van der Waals surface area contributed by atoms with Crippen molar-refractivity contribution in [3.8, 4) is 0 Å². The van der Waals surface area contributed by atoms with Crippen LogP contribution in [0.5, 0.6) is 0 Å². The molecule has 0 spiro atoms. The number of aromatic amines is 1. The number of hydrogen-bond donors (Lipinski definition) is 2. The average Bonchev–Trinajstić information content (AvgIpc) is 2.74. The third kappa shape index (κ3) is 2.34. The number of nitrogens with zero attached hydrogens (tertiary/aromatic N) is 2. The topological polar surface area (TPSA) is 69.2 Å². The summed E-state index contributed by atoms with van der Waals surface area (Å²) in [5.41, 5.74) is 1.36. The molecule has 1 fully saturated rings. The van der Waals surface area contributed by atoms with E-state index in [1.165, 1.54) is 0 Å². The van der Waals surface area contributed by atoms with Gasteiger partial charge in [0.05, 0.1) is 23.9 Å². The number of hydrogen-bond acceptors (Lipinski definition) is 3. The Morgan fingerprint density at radius 3 is 2.82 bits per heavy atom. The van der Waals surface area contributed by atoms with Crippen LogP contribution in [0.3, 0.4) is 0 Å². The molecule has 2 unspecified atom stereocenters. The molecule has 5 heteroatoms. The Morgan fingerprint density at radius 1 is 1.53 bits per heavy atom. The minimum atomic E-state index is -0.398. The van der Waals surface area contributed by atoms with Crippen LogP contribution in [0.2, 0.25) is 0 Å². The van der Waals surface area contributed by atoms with E-state index in [-0.39, 0.29) is 11.9 Å². The first-order valence-electron chi connectivity index (χ1n) is 6.06. The molecule has 0 radical (unpaired) electrons. The summed E-state index contributed by atoms with van der Waals surface area (Å²) in [7, 11) is 1.76. The normalized spacial score (nSPS) is 24.6. The fourth-order valence-corrected chi connectivity index (χ4v) is 2.45. The molecule has 1 aromatic rings. The number of carbonyl (C=O) groups excluding carboxylic acids is 1. The maximum absolute atomic E-state index is 12.2. The monoisotopic (exact) mass is 237 g/mol. The average molecular weight is 237 g/mol. The number of aryl methyl sites for hydroxylation is 1. The number of amides is 1. The van der Waals surface area contributed by atoms with Gasteiger partial charge in [-0.05, 0) is 19.8 Å². The number of carbonyl (C=O) groups is 1. The van der Waals surface area contributed by atoms with Crippen LogP contribution in [-0.2, 0) is 0 Å². The van der Waals surface area contributed by atoms with E-state index in [1.807, 2.05) is 6.92 Å². The summed E-state index contributed by atoms with van der Waals surface area (Å²) in [4.78, 5) is 13.9. The molecule has 2 atom stereocenters. The maximum atomic E-state index is 12.2. The van der Waals surface area contributed by atoms with Gasteiger partial charge in [0, 0.05) is 12.7 Å².